The van der Waals surface area contributed by atoms with Crippen LogP contribution in [-0.4, -0.2) is 19.5 Å². The molecule has 2 aromatic carbocycles. The number of halogens is 2. The average molecular weight is 582 g/mol. The molecule has 3 nitrogen and oxygen atoms in total. The fourth-order valence-electron chi connectivity index (χ4n) is 3.49. The van der Waals surface area contributed by atoms with Crippen LogP contribution in [0, 0.1) is 34.6 Å². The maximum atomic E-state index is 9.57. The Morgan fingerprint density at radius 2 is 1.05 bits per heavy atom. The fraction of sp³-hybridized carbons (Fsp3) is 0.419. The minimum atomic E-state index is 0. The summed E-state index contributed by atoms with van der Waals surface area (Å²) in [7, 11) is 0. The Kier molecular flexibility index (Phi) is 15.9. The van der Waals surface area contributed by atoms with Crippen molar-refractivity contribution in [3.63, 3.8) is 0 Å². The van der Waals surface area contributed by atoms with Gasteiger partial charge in [-0.25, -0.2) is 0 Å². The fourth-order valence-corrected chi connectivity index (χ4v) is 3.95. The van der Waals surface area contributed by atoms with Gasteiger partial charge in [-0.2, -0.15) is 0 Å². The molecule has 0 spiro atoms. The van der Waals surface area contributed by atoms with Crippen molar-refractivity contribution < 1.29 is 30.2 Å². The van der Waals surface area contributed by atoms with E-state index in [4.69, 9.17) is 0 Å². The van der Waals surface area contributed by atoms with Crippen LogP contribution in [0.1, 0.15) is 86.2 Å². The van der Waals surface area contributed by atoms with Crippen molar-refractivity contribution in [2.75, 3.05) is 0 Å². The van der Waals surface area contributed by atoms with Crippen molar-refractivity contribution in [3.05, 3.63) is 87.2 Å². The molecule has 0 radical (unpaired) electrons. The largest absolute Gasteiger partial charge is 0.147 e. The van der Waals surface area contributed by atoms with Crippen LogP contribution in [0.15, 0.2) is 42.6 Å². The molecule has 204 valence electrons. The van der Waals surface area contributed by atoms with Crippen LogP contribution >= 0.6 is 24.8 Å². The van der Waals surface area contributed by atoms with Crippen LogP contribution in [0.3, 0.4) is 0 Å². The summed E-state index contributed by atoms with van der Waals surface area (Å²) in [5.41, 5.74) is 9.49. The van der Waals surface area contributed by atoms with E-state index in [1.54, 1.807) is 12.1 Å². The number of aromatic nitrogens is 1. The standard InChI is InChI=1S/2C11H16O.C9H11N.2ClH.Ti/c2*1-8-5-6-10(12)9(7-8)11(2,3)4;1-6-5-10-9(4)8(3)7(6)2;;;/h2*5-7,12H,1-4H3;4-5H,1-3H3;2*1H;. The van der Waals surface area contributed by atoms with E-state index >= 15 is 0 Å². The molecule has 3 rings (SSSR count). The molecule has 37 heavy (non-hydrogen) atoms. The third-order valence-corrected chi connectivity index (χ3v) is 6.42. The number of hydrogen-bond donors (Lipinski definition) is 2. The van der Waals surface area contributed by atoms with Crippen LogP contribution in [0.2, 0.25) is 0 Å². The van der Waals surface area contributed by atoms with Gasteiger partial charge in [0, 0.05) is 0 Å². The summed E-state index contributed by atoms with van der Waals surface area (Å²) < 4.78 is 2.04. The second-order valence-corrected chi connectivity index (χ2v) is 11.7. The molecular formula is C31H45Cl2NO2Ti. The van der Waals surface area contributed by atoms with Crippen LogP contribution in [0.25, 0.3) is 0 Å². The number of aromatic hydroxyl groups is 2. The number of hydrogen-bond acceptors (Lipinski definition) is 3. The predicted octanol–water partition coefficient (Wildman–Crippen LogP) is 8.54. The first-order chi connectivity index (χ1) is 16.0. The Labute approximate surface area is 248 Å². The quantitative estimate of drug-likeness (QED) is 0.283. The first-order valence-electron chi connectivity index (χ1n) is 12.0. The Hall–Kier alpha value is -1.65. The van der Waals surface area contributed by atoms with Gasteiger partial charge in [0.15, 0.2) is 0 Å². The van der Waals surface area contributed by atoms with Crippen LogP contribution in [0.4, 0.5) is 0 Å². The molecule has 0 aliphatic carbocycles. The Balaban J connectivity index is 0. The monoisotopic (exact) mass is 581 g/mol. The number of rotatable bonds is 1. The minimum absolute atomic E-state index is 0. The number of phenolic OH excluding ortho intramolecular Hbond substituents is 2. The molecule has 1 heterocycles. The van der Waals surface area contributed by atoms with Gasteiger partial charge in [-0.1, -0.05) is 76.9 Å². The third kappa shape index (κ3) is 11.7. The molecule has 1 aromatic heterocycles. The van der Waals surface area contributed by atoms with Gasteiger partial charge in [0.25, 0.3) is 0 Å². The van der Waals surface area contributed by atoms with Crippen LogP contribution in [-0.2, 0) is 30.8 Å². The van der Waals surface area contributed by atoms with Crippen molar-refractivity contribution in [1.82, 2.24) is 4.98 Å². The molecule has 0 bridgehead atoms. The summed E-state index contributed by atoms with van der Waals surface area (Å²) >= 11 is 2.02. The maximum Gasteiger partial charge on any atom is -0.147 e. The molecule has 0 amide bonds. The Bertz CT molecular complexity index is 1100. The molecule has 0 aliphatic rings. The molecule has 2 N–H and O–H groups in total. The van der Waals surface area contributed by atoms with Gasteiger partial charge in [-0.3, -0.25) is 0 Å². The van der Waals surface area contributed by atoms with Crippen molar-refractivity contribution in [1.29, 1.82) is 0 Å². The molecular weight excluding hydrogens is 537 g/mol. The van der Waals surface area contributed by atoms with Gasteiger partial charge in [0.05, 0.1) is 0 Å². The molecule has 0 saturated heterocycles. The summed E-state index contributed by atoms with van der Waals surface area (Å²) in [6, 6.07) is 11.4. The number of pyridine rings is 1. The second kappa shape index (κ2) is 15.7. The zero-order valence-corrected chi connectivity index (χ0v) is 27.5. The summed E-state index contributed by atoms with van der Waals surface area (Å²) in [6.45, 7) is 23.0. The van der Waals surface area contributed by atoms with Crippen molar-refractivity contribution in [2.24, 2.45) is 0 Å². The topological polar surface area (TPSA) is 53.4 Å². The normalized spacial score (nSPS) is 10.4. The molecule has 0 aliphatic heterocycles. The van der Waals surface area contributed by atoms with Gasteiger partial charge in [-0.15, -0.1) is 24.8 Å². The molecule has 0 unspecified atom stereocenters. The van der Waals surface area contributed by atoms with Gasteiger partial charge < -0.3 is 10.2 Å². The number of aryl methyl sites for hydroxylation is 3. The van der Waals surface area contributed by atoms with Gasteiger partial charge in [0.2, 0.25) is 0 Å². The zero-order chi connectivity index (χ0) is 27.1. The van der Waals surface area contributed by atoms with Crippen molar-refractivity contribution in [3.8, 4) is 11.5 Å². The summed E-state index contributed by atoms with van der Waals surface area (Å²) in [6.07, 6.45) is 1.93. The molecule has 6 heteroatoms. The first-order valence-corrected chi connectivity index (χ1v) is 12.9. The maximum absolute atomic E-state index is 9.57. The molecule has 3 aromatic rings. The summed E-state index contributed by atoms with van der Waals surface area (Å²) in [5, 5.41) is 19.1. The smallest absolute Gasteiger partial charge is 0.147 e. The van der Waals surface area contributed by atoms with Crippen LogP contribution in [0.5, 0.6) is 11.5 Å². The SMILES string of the molecule is Cc1ccc(O)c(C(C)(C)C)c1.Cc1ccc(O)c(C(C)(C)C)c1.Cc1cnc([CH]=[Ti])c(C)c1C.Cl.Cl. The van der Waals surface area contributed by atoms with E-state index in [2.05, 4.69) is 67.3 Å². The zero-order valence-electron chi connectivity index (χ0n) is 24.3. The van der Waals surface area contributed by atoms with Gasteiger partial charge >= 0.3 is 78.6 Å². The second-order valence-electron chi connectivity index (χ2n) is 11.3. The minimum Gasteiger partial charge on any atom is -0.147 e. The average Bonchev–Trinajstić information content (AvgIpc) is 2.75. The van der Waals surface area contributed by atoms with Gasteiger partial charge in [-0.05, 0) is 47.9 Å². The van der Waals surface area contributed by atoms with E-state index in [1.165, 1.54) is 27.8 Å². The third-order valence-electron chi connectivity index (χ3n) is 5.99. The van der Waals surface area contributed by atoms with E-state index in [1.807, 2.05) is 68.6 Å². The number of benzene rings is 2. The molecule has 0 atom stereocenters. The van der Waals surface area contributed by atoms with E-state index in [0.717, 1.165) is 16.8 Å². The summed E-state index contributed by atoms with van der Waals surface area (Å²) in [4.78, 5) is 4.30. The molecule has 0 saturated carbocycles. The van der Waals surface area contributed by atoms with Gasteiger partial charge in [0.1, 0.15) is 11.5 Å². The summed E-state index contributed by atoms with van der Waals surface area (Å²) in [5.74, 6) is 0.793. The number of nitrogens with zero attached hydrogens (tertiary/aromatic N) is 1. The predicted molar refractivity (Wildman–Crippen MR) is 161 cm³/mol. The van der Waals surface area contributed by atoms with Crippen molar-refractivity contribution >= 4 is 29.1 Å². The molecule has 0 fully saturated rings. The number of phenols is 2. The van der Waals surface area contributed by atoms with E-state index in [0.29, 0.717) is 11.5 Å². The Morgan fingerprint density at radius 1 is 0.676 bits per heavy atom. The van der Waals surface area contributed by atoms with Crippen LogP contribution < -0.4 is 0 Å². The van der Waals surface area contributed by atoms with E-state index < -0.39 is 0 Å². The first kappa shape index (κ1) is 37.5. The van der Waals surface area contributed by atoms with E-state index in [-0.39, 0.29) is 35.6 Å². The van der Waals surface area contributed by atoms with Crippen molar-refractivity contribution in [2.45, 2.75) is 87.0 Å². The van der Waals surface area contributed by atoms with E-state index in [9.17, 15) is 10.2 Å². The Morgan fingerprint density at radius 3 is 1.35 bits per heavy atom.